The molecule has 26 heavy (non-hydrogen) atoms. The van der Waals surface area contributed by atoms with Gasteiger partial charge in [0.25, 0.3) is 0 Å². The molecule has 1 fully saturated rings. The highest BCUT2D eigenvalue weighted by molar-refractivity contribution is 7.90. The molecule has 1 aliphatic heterocycles. The van der Waals surface area contributed by atoms with E-state index in [1.807, 2.05) is 19.1 Å². The number of likely N-dealkylation sites (tertiary alicyclic amines) is 1. The van der Waals surface area contributed by atoms with Gasteiger partial charge in [-0.15, -0.1) is 0 Å². The quantitative estimate of drug-likeness (QED) is 0.736. The smallest absolute Gasteiger partial charge is 0.238 e. The molecule has 1 amide bonds. The maximum Gasteiger partial charge on any atom is 0.238 e. The fourth-order valence-corrected chi connectivity index (χ4v) is 3.97. The van der Waals surface area contributed by atoms with E-state index in [1.165, 1.54) is 0 Å². The topological polar surface area (TPSA) is 78.5 Å². The van der Waals surface area contributed by atoms with Gasteiger partial charge in [-0.2, -0.15) is 0 Å². The summed E-state index contributed by atoms with van der Waals surface area (Å²) < 4.78 is 26.5. The van der Waals surface area contributed by atoms with E-state index in [4.69, 9.17) is 11.6 Å². The molecule has 2 rings (SSSR count). The standard InChI is InChI=1S/C18H28ClN3O3S/c1-13(2)26(24,25)20-10-15-6-5-9-22(11-15)12-18(23)21-17-8-4-7-16(19)14(17)3/h4,7-8,13,15,20H,5-6,9-12H2,1-3H3,(H,21,23). The summed E-state index contributed by atoms with van der Waals surface area (Å²) >= 11 is 6.08. The van der Waals surface area contributed by atoms with Crippen LogP contribution in [0.5, 0.6) is 0 Å². The van der Waals surface area contributed by atoms with E-state index in [9.17, 15) is 13.2 Å². The van der Waals surface area contributed by atoms with Crippen LogP contribution in [0.25, 0.3) is 0 Å². The SMILES string of the molecule is Cc1c(Cl)cccc1NC(=O)CN1CCCC(CNS(=O)(=O)C(C)C)C1. The molecule has 0 saturated carbocycles. The van der Waals surface area contributed by atoms with Gasteiger partial charge >= 0.3 is 0 Å². The van der Waals surface area contributed by atoms with Crippen molar-refractivity contribution in [1.82, 2.24) is 9.62 Å². The number of halogens is 1. The summed E-state index contributed by atoms with van der Waals surface area (Å²) in [6.07, 6.45) is 1.92. The van der Waals surface area contributed by atoms with Crippen LogP contribution in [0.2, 0.25) is 5.02 Å². The molecule has 0 aliphatic carbocycles. The van der Waals surface area contributed by atoms with Crippen molar-refractivity contribution in [3.05, 3.63) is 28.8 Å². The molecular weight excluding hydrogens is 374 g/mol. The van der Waals surface area contributed by atoms with Crippen LogP contribution in [0, 0.1) is 12.8 Å². The molecule has 6 nitrogen and oxygen atoms in total. The monoisotopic (exact) mass is 401 g/mol. The Labute approximate surface area is 161 Å². The minimum Gasteiger partial charge on any atom is -0.325 e. The van der Waals surface area contributed by atoms with Crippen molar-refractivity contribution >= 4 is 33.2 Å². The fraction of sp³-hybridized carbons (Fsp3) is 0.611. The first kappa shape index (κ1) is 21.2. The van der Waals surface area contributed by atoms with Gasteiger partial charge in [-0.3, -0.25) is 9.69 Å². The Kier molecular flexibility index (Phi) is 7.46. The van der Waals surface area contributed by atoms with Gasteiger partial charge in [0.2, 0.25) is 15.9 Å². The minimum atomic E-state index is -3.25. The third-order valence-electron chi connectivity index (χ3n) is 4.71. The van der Waals surface area contributed by atoms with Crippen LogP contribution in [-0.2, 0) is 14.8 Å². The first-order chi connectivity index (χ1) is 12.2. The Hall–Kier alpha value is -1.15. The average Bonchev–Trinajstić information content (AvgIpc) is 2.57. The number of sulfonamides is 1. The van der Waals surface area contributed by atoms with Crippen LogP contribution >= 0.6 is 11.6 Å². The van der Waals surface area contributed by atoms with E-state index >= 15 is 0 Å². The molecule has 1 unspecified atom stereocenters. The molecule has 1 heterocycles. The molecule has 0 spiro atoms. The molecule has 1 aromatic rings. The lowest BCUT2D eigenvalue weighted by Gasteiger charge is -2.32. The van der Waals surface area contributed by atoms with Crippen LogP contribution in [0.1, 0.15) is 32.3 Å². The van der Waals surface area contributed by atoms with Crippen LogP contribution < -0.4 is 10.0 Å². The van der Waals surface area contributed by atoms with Crippen molar-refractivity contribution in [2.75, 3.05) is 31.5 Å². The van der Waals surface area contributed by atoms with Crippen LogP contribution in [0.4, 0.5) is 5.69 Å². The van der Waals surface area contributed by atoms with Crippen molar-refractivity contribution in [1.29, 1.82) is 0 Å². The Balaban J connectivity index is 1.85. The number of carbonyl (C=O) groups excluding carboxylic acids is 1. The number of benzene rings is 1. The number of carbonyl (C=O) groups is 1. The summed E-state index contributed by atoms with van der Waals surface area (Å²) in [5.41, 5.74) is 1.57. The van der Waals surface area contributed by atoms with E-state index in [0.717, 1.165) is 30.6 Å². The summed E-state index contributed by atoms with van der Waals surface area (Å²) in [6, 6.07) is 5.43. The molecule has 1 saturated heterocycles. The lowest BCUT2D eigenvalue weighted by atomic mass is 9.98. The molecule has 0 bridgehead atoms. The Morgan fingerprint density at radius 1 is 1.38 bits per heavy atom. The molecule has 1 aromatic carbocycles. The van der Waals surface area contributed by atoms with Crippen LogP contribution in [0.15, 0.2) is 18.2 Å². The van der Waals surface area contributed by atoms with Gasteiger partial charge < -0.3 is 5.32 Å². The highest BCUT2D eigenvalue weighted by atomic mass is 35.5. The average molecular weight is 402 g/mol. The number of amides is 1. The second-order valence-electron chi connectivity index (χ2n) is 7.15. The van der Waals surface area contributed by atoms with Crippen molar-refractivity contribution in [3.63, 3.8) is 0 Å². The number of hydrogen-bond donors (Lipinski definition) is 2. The number of nitrogens with zero attached hydrogens (tertiary/aromatic N) is 1. The van der Waals surface area contributed by atoms with Crippen molar-refractivity contribution in [3.8, 4) is 0 Å². The van der Waals surface area contributed by atoms with Crippen molar-refractivity contribution in [2.24, 2.45) is 5.92 Å². The van der Waals surface area contributed by atoms with Gasteiger partial charge in [-0.25, -0.2) is 13.1 Å². The van der Waals surface area contributed by atoms with E-state index < -0.39 is 15.3 Å². The first-order valence-electron chi connectivity index (χ1n) is 8.95. The summed E-state index contributed by atoms with van der Waals surface area (Å²) in [5, 5.41) is 3.09. The minimum absolute atomic E-state index is 0.0845. The Bertz CT molecular complexity index is 737. The van der Waals surface area contributed by atoms with E-state index in [-0.39, 0.29) is 11.8 Å². The number of nitrogens with one attached hydrogen (secondary N) is 2. The van der Waals surface area contributed by atoms with Crippen molar-refractivity contribution < 1.29 is 13.2 Å². The molecule has 146 valence electrons. The van der Waals surface area contributed by atoms with Crippen LogP contribution in [0.3, 0.4) is 0 Å². The maximum absolute atomic E-state index is 12.3. The van der Waals surface area contributed by atoms with Gasteiger partial charge in [-0.05, 0) is 63.8 Å². The zero-order chi connectivity index (χ0) is 19.3. The lowest BCUT2D eigenvalue weighted by Crippen LogP contribution is -2.44. The predicted molar refractivity (Wildman–Crippen MR) is 106 cm³/mol. The largest absolute Gasteiger partial charge is 0.325 e. The fourth-order valence-electron chi connectivity index (χ4n) is 3.00. The van der Waals surface area contributed by atoms with Crippen molar-refractivity contribution in [2.45, 2.75) is 38.9 Å². The molecule has 0 radical (unpaired) electrons. The third kappa shape index (κ3) is 5.94. The van der Waals surface area contributed by atoms with E-state index in [2.05, 4.69) is 14.9 Å². The first-order valence-corrected chi connectivity index (χ1v) is 10.9. The summed E-state index contributed by atoms with van der Waals surface area (Å²) in [4.78, 5) is 14.4. The number of anilines is 1. The van der Waals surface area contributed by atoms with Gasteiger partial charge in [0.05, 0.1) is 11.8 Å². The molecule has 1 atom stereocenters. The normalized spacial score (nSPS) is 18.9. The molecule has 8 heteroatoms. The predicted octanol–water partition coefficient (Wildman–Crippen LogP) is 2.63. The Morgan fingerprint density at radius 2 is 2.12 bits per heavy atom. The summed E-state index contributed by atoms with van der Waals surface area (Å²) in [6.45, 7) is 7.47. The summed E-state index contributed by atoms with van der Waals surface area (Å²) in [5.74, 6) is 0.136. The van der Waals surface area contributed by atoms with E-state index in [0.29, 0.717) is 24.7 Å². The molecule has 1 aliphatic rings. The molecule has 2 N–H and O–H groups in total. The lowest BCUT2D eigenvalue weighted by molar-refractivity contribution is -0.117. The molecule has 0 aromatic heterocycles. The van der Waals surface area contributed by atoms with Gasteiger partial charge in [0, 0.05) is 23.8 Å². The second-order valence-corrected chi connectivity index (χ2v) is 9.87. The van der Waals surface area contributed by atoms with Gasteiger partial charge in [0.15, 0.2) is 0 Å². The molecular formula is C18H28ClN3O3S. The second kappa shape index (κ2) is 9.17. The highest BCUT2D eigenvalue weighted by Gasteiger charge is 2.24. The maximum atomic E-state index is 12.3. The van der Waals surface area contributed by atoms with E-state index in [1.54, 1.807) is 19.9 Å². The number of rotatable bonds is 7. The number of piperidine rings is 1. The number of hydrogen-bond acceptors (Lipinski definition) is 4. The zero-order valence-electron chi connectivity index (χ0n) is 15.6. The Morgan fingerprint density at radius 3 is 2.81 bits per heavy atom. The van der Waals surface area contributed by atoms with Gasteiger partial charge in [0.1, 0.15) is 0 Å². The zero-order valence-corrected chi connectivity index (χ0v) is 17.2. The van der Waals surface area contributed by atoms with Crippen LogP contribution in [-0.4, -0.2) is 50.7 Å². The highest BCUT2D eigenvalue weighted by Crippen LogP contribution is 2.23. The third-order valence-corrected chi connectivity index (χ3v) is 6.93. The van der Waals surface area contributed by atoms with Gasteiger partial charge in [-0.1, -0.05) is 17.7 Å². The summed E-state index contributed by atoms with van der Waals surface area (Å²) in [7, 11) is -3.25.